The van der Waals surface area contributed by atoms with Gasteiger partial charge in [0.15, 0.2) is 5.13 Å². The number of carbonyl (C=O) groups excluding carboxylic acids is 1. The second-order valence-corrected chi connectivity index (χ2v) is 7.05. The number of ether oxygens (including phenoxy) is 2. The molecule has 0 atom stereocenters. The summed E-state index contributed by atoms with van der Waals surface area (Å²) in [5, 5.41) is 5.16. The Morgan fingerprint density at radius 2 is 1.83 bits per heavy atom. The minimum absolute atomic E-state index is 0.291. The number of hydrogen-bond donors (Lipinski definition) is 1. The predicted octanol–water partition coefficient (Wildman–Crippen LogP) is 4.54. The molecule has 150 valence electrons. The third kappa shape index (κ3) is 4.13. The fourth-order valence-electron chi connectivity index (χ4n) is 2.87. The van der Waals surface area contributed by atoms with E-state index >= 15 is 0 Å². The van der Waals surface area contributed by atoms with E-state index in [1.807, 2.05) is 41.8 Å². The van der Waals surface area contributed by atoms with Gasteiger partial charge < -0.3 is 9.47 Å². The summed E-state index contributed by atoms with van der Waals surface area (Å²) >= 11 is 1.32. The van der Waals surface area contributed by atoms with Gasteiger partial charge in [-0.2, -0.15) is 0 Å². The molecule has 0 aliphatic heterocycles. The zero-order chi connectivity index (χ0) is 20.9. The summed E-state index contributed by atoms with van der Waals surface area (Å²) in [6.07, 6.45) is 1.65. The highest BCUT2D eigenvalue weighted by molar-refractivity contribution is 7.14. The van der Waals surface area contributed by atoms with E-state index in [1.54, 1.807) is 38.6 Å². The van der Waals surface area contributed by atoms with Crippen molar-refractivity contribution < 1.29 is 14.3 Å². The van der Waals surface area contributed by atoms with E-state index in [9.17, 15) is 4.79 Å². The van der Waals surface area contributed by atoms with E-state index in [0.717, 1.165) is 5.56 Å². The standard InChI is InChI=1S/C22H18N4O3S/c1-28-15-7-3-6-14(12-15)20-16(8-5-11-23-20)21(27)26-22-25-18(13-30-22)17-9-4-10-19(24-17)29-2/h3-13H,1-2H3,(H,25,26,27). The average molecular weight is 418 g/mol. The molecule has 0 saturated heterocycles. The molecular formula is C22H18N4O3S. The molecule has 0 unspecified atom stereocenters. The number of hydrogen-bond acceptors (Lipinski definition) is 7. The van der Waals surface area contributed by atoms with Crippen LogP contribution in [0.3, 0.4) is 0 Å². The first kappa shape index (κ1) is 19.5. The molecule has 8 heteroatoms. The molecule has 4 aromatic rings. The van der Waals surface area contributed by atoms with Gasteiger partial charge in [-0.15, -0.1) is 11.3 Å². The molecule has 0 aliphatic rings. The van der Waals surface area contributed by atoms with Crippen LogP contribution in [0.1, 0.15) is 10.4 Å². The van der Waals surface area contributed by atoms with Crippen molar-refractivity contribution in [2.75, 3.05) is 19.5 Å². The molecule has 3 heterocycles. The van der Waals surface area contributed by atoms with Gasteiger partial charge in [-0.05, 0) is 30.3 Å². The van der Waals surface area contributed by atoms with Crippen molar-refractivity contribution in [3.63, 3.8) is 0 Å². The number of methoxy groups -OCH3 is 2. The zero-order valence-electron chi connectivity index (χ0n) is 16.3. The second-order valence-electron chi connectivity index (χ2n) is 6.19. The number of amides is 1. The molecule has 0 fully saturated rings. The largest absolute Gasteiger partial charge is 0.497 e. The summed E-state index contributed by atoms with van der Waals surface area (Å²) < 4.78 is 10.4. The first-order chi connectivity index (χ1) is 14.7. The van der Waals surface area contributed by atoms with E-state index in [2.05, 4.69) is 20.3 Å². The molecule has 1 aromatic carbocycles. The lowest BCUT2D eigenvalue weighted by Gasteiger charge is -2.09. The SMILES string of the molecule is COc1cccc(-c2ncccc2C(=O)Nc2nc(-c3cccc(OC)n3)cs2)c1. The van der Waals surface area contributed by atoms with Crippen molar-refractivity contribution in [2.45, 2.75) is 0 Å². The number of thiazole rings is 1. The normalized spacial score (nSPS) is 10.5. The van der Waals surface area contributed by atoms with Gasteiger partial charge in [0, 0.05) is 23.2 Å². The third-order valence-electron chi connectivity index (χ3n) is 4.32. The van der Waals surface area contributed by atoms with Crippen LogP contribution in [-0.2, 0) is 0 Å². The van der Waals surface area contributed by atoms with E-state index in [1.165, 1.54) is 11.3 Å². The van der Waals surface area contributed by atoms with Crippen LogP contribution >= 0.6 is 11.3 Å². The van der Waals surface area contributed by atoms with Gasteiger partial charge in [-0.1, -0.05) is 18.2 Å². The molecule has 7 nitrogen and oxygen atoms in total. The van der Waals surface area contributed by atoms with Crippen LogP contribution in [0.5, 0.6) is 11.6 Å². The van der Waals surface area contributed by atoms with Crippen LogP contribution in [0.4, 0.5) is 5.13 Å². The Morgan fingerprint density at radius 3 is 2.67 bits per heavy atom. The van der Waals surface area contributed by atoms with Crippen molar-refractivity contribution in [2.24, 2.45) is 0 Å². The Hall–Kier alpha value is -3.78. The van der Waals surface area contributed by atoms with Crippen LogP contribution in [0, 0.1) is 0 Å². The molecular weight excluding hydrogens is 400 g/mol. The maximum absolute atomic E-state index is 13.0. The van der Waals surface area contributed by atoms with Gasteiger partial charge in [-0.25, -0.2) is 9.97 Å². The molecule has 0 bridgehead atoms. The molecule has 3 aromatic heterocycles. The van der Waals surface area contributed by atoms with E-state index in [4.69, 9.17) is 9.47 Å². The van der Waals surface area contributed by atoms with E-state index in [0.29, 0.717) is 39.4 Å². The van der Waals surface area contributed by atoms with Crippen molar-refractivity contribution in [1.29, 1.82) is 0 Å². The van der Waals surface area contributed by atoms with Gasteiger partial charge in [0.05, 0.1) is 31.2 Å². The quantitative estimate of drug-likeness (QED) is 0.495. The predicted molar refractivity (Wildman–Crippen MR) is 116 cm³/mol. The smallest absolute Gasteiger partial charge is 0.259 e. The summed E-state index contributed by atoms with van der Waals surface area (Å²) in [5.41, 5.74) is 3.14. The van der Waals surface area contributed by atoms with Crippen LogP contribution in [0.25, 0.3) is 22.6 Å². The summed E-state index contributed by atoms with van der Waals surface area (Å²) in [6.45, 7) is 0. The first-order valence-corrected chi connectivity index (χ1v) is 9.93. The number of nitrogens with one attached hydrogen (secondary N) is 1. The van der Waals surface area contributed by atoms with Crippen molar-refractivity contribution in [3.8, 4) is 34.3 Å². The Kier molecular flexibility index (Phi) is 5.67. The van der Waals surface area contributed by atoms with Crippen molar-refractivity contribution in [3.05, 3.63) is 71.7 Å². The minimum Gasteiger partial charge on any atom is -0.497 e. The molecule has 30 heavy (non-hydrogen) atoms. The topological polar surface area (TPSA) is 86.2 Å². The summed E-state index contributed by atoms with van der Waals surface area (Å²) in [6, 6.07) is 16.3. The van der Waals surface area contributed by atoms with Gasteiger partial charge in [-0.3, -0.25) is 15.1 Å². The van der Waals surface area contributed by atoms with Gasteiger partial charge in [0.2, 0.25) is 5.88 Å². The van der Waals surface area contributed by atoms with Crippen LogP contribution in [-0.4, -0.2) is 35.1 Å². The summed E-state index contributed by atoms with van der Waals surface area (Å²) in [5.74, 6) is 0.907. The number of benzene rings is 1. The summed E-state index contributed by atoms with van der Waals surface area (Å²) in [4.78, 5) is 26.2. The summed E-state index contributed by atoms with van der Waals surface area (Å²) in [7, 11) is 3.16. The molecule has 1 N–H and O–H groups in total. The molecule has 0 aliphatic carbocycles. The van der Waals surface area contributed by atoms with Crippen molar-refractivity contribution >= 4 is 22.4 Å². The van der Waals surface area contributed by atoms with Crippen LogP contribution in [0.15, 0.2) is 66.2 Å². The molecule has 0 radical (unpaired) electrons. The Morgan fingerprint density at radius 1 is 0.967 bits per heavy atom. The molecule has 0 saturated carbocycles. The molecule has 4 rings (SSSR count). The van der Waals surface area contributed by atoms with Crippen molar-refractivity contribution in [1.82, 2.24) is 15.0 Å². The number of carbonyl (C=O) groups is 1. The van der Waals surface area contributed by atoms with E-state index in [-0.39, 0.29) is 5.91 Å². The lowest BCUT2D eigenvalue weighted by atomic mass is 10.1. The van der Waals surface area contributed by atoms with Gasteiger partial charge >= 0.3 is 0 Å². The van der Waals surface area contributed by atoms with Crippen LogP contribution < -0.4 is 14.8 Å². The number of nitrogens with zero attached hydrogens (tertiary/aromatic N) is 3. The third-order valence-corrected chi connectivity index (χ3v) is 5.07. The van der Waals surface area contributed by atoms with E-state index < -0.39 is 0 Å². The Balaban J connectivity index is 1.59. The van der Waals surface area contributed by atoms with Gasteiger partial charge in [0.25, 0.3) is 5.91 Å². The maximum Gasteiger partial charge on any atom is 0.259 e. The maximum atomic E-state index is 13.0. The Bertz CT molecular complexity index is 1190. The fraction of sp³-hybridized carbons (Fsp3) is 0.0909. The number of aromatic nitrogens is 3. The molecule has 0 spiro atoms. The zero-order valence-corrected chi connectivity index (χ0v) is 17.1. The first-order valence-electron chi connectivity index (χ1n) is 9.05. The second kappa shape index (κ2) is 8.71. The Labute approximate surface area is 177 Å². The highest BCUT2D eigenvalue weighted by Gasteiger charge is 2.16. The lowest BCUT2D eigenvalue weighted by molar-refractivity contribution is 0.102. The number of pyridine rings is 2. The molecule has 1 amide bonds. The lowest BCUT2D eigenvalue weighted by Crippen LogP contribution is -2.13. The number of anilines is 1. The van der Waals surface area contributed by atoms with Gasteiger partial charge in [0.1, 0.15) is 11.4 Å². The fourth-order valence-corrected chi connectivity index (χ4v) is 3.57. The average Bonchev–Trinajstić information content (AvgIpc) is 3.27. The highest BCUT2D eigenvalue weighted by atomic mass is 32.1. The minimum atomic E-state index is -0.291. The number of rotatable bonds is 6. The van der Waals surface area contributed by atoms with Crippen LogP contribution in [0.2, 0.25) is 0 Å². The highest BCUT2D eigenvalue weighted by Crippen LogP contribution is 2.28. The monoisotopic (exact) mass is 418 g/mol.